The summed E-state index contributed by atoms with van der Waals surface area (Å²) < 4.78 is 6.38. The van der Waals surface area contributed by atoms with Gasteiger partial charge in [-0.1, -0.05) is 97.1 Å². The van der Waals surface area contributed by atoms with E-state index in [-0.39, 0.29) is 0 Å². The van der Waals surface area contributed by atoms with Crippen LogP contribution in [0, 0.1) is 0 Å². The van der Waals surface area contributed by atoms with Gasteiger partial charge in [-0.05, 0) is 75.5 Å². The molecular weight excluding hydrogens is 587 g/mol. The smallest absolute Gasteiger partial charge is 0.137 e. The molecule has 0 amide bonds. The number of hydrogen-bond acceptors (Lipinski definition) is 4. The summed E-state index contributed by atoms with van der Waals surface area (Å²) in [6.45, 7) is 0. The SMILES string of the molecule is c1ccc(-c2cccc(N(c3cnc4c(c3)-c3ccncc3-c3cccc5cccc-4c35)c3ccc4c(c3)oc3ccccc34)c2)cc1. The Balaban J connectivity index is 1.23. The molecule has 224 valence electrons. The topological polar surface area (TPSA) is 42.2 Å². The van der Waals surface area contributed by atoms with Gasteiger partial charge in [0.05, 0.1) is 17.6 Å². The van der Waals surface area contributed by atoms with Gasteiger partial charge in [-0.25, -0.2) is 0 Å². The van der Waals surface area contributed by atoms with Gasteiger partial charge >= 0.3 is 0 Å². The fourth-order valence-corrected chi connectivity index (χ4v) is 7.36. The maximum Gasteiger partial charge on any atom is 0.137 e. The number of nitrogens with zero attached hydrogens (tertiary/aromatic N) is 3. The number of hydrogen-bond donors (Lipinski definition) is 0. The number of benzene rings is 6. The molecule has 0 radical (unpaired) electrons. The molecule has 1 aliphatic carbocycles. The van der Waals surface area contributed by atoms with Gasteiger partial charge < -0.3 is 9.32 Å². The van der Waals surface area contributed by atoms with Crippen molar-refractivity contribution in [3.63, 3.8) is 0 Å². The third kappa shape index (κ3) is 4.10. The van der Waals surface area contributed by atoms with Crippen molar-refractivity contribution >= 4 is 49.8 Å². The lowest BCUT2D eigenvalue weighted by Gasteiger charge is -2.26. The number of fused-ring (bicyclic) bond motifs is 8. The third-order valence-corrected chi connectivity index (χ3v) is 9.52. The molecule has 0 atom stereocenters. The lowest BCUT2D eigenvalue weighted by Crippen LogP contribution is -2.11. The number of para-hydroxylation sites is 1. The molecule has 1 aliphatic rings. The summed E-state index contributed by atoms with van der Waals surface area (Å²) in [4.78, 5) is 12.1. The molecule has 10 rings (SSSR count). The zero-order chi connectivity index (χ0) is 31.6. The average molecular weight is 614 g/mol. The molecule has 4 heteroatoms. The van der Waals surface area contributed by atoms with Crippen molar-refractivity contribution in [1.82, 2.24) is 9.97 Å². The summed E-state index contributed by atoms with van der Waals surface area (Å²) >= 11 is 0. The van der Waals surface area contributed by atoms with Gasteiger partial charge in [-0.2, -0.15) is 0 Å². The first kappa shape index (κ1) is 26.7. The van der Waals surface area contributed by atoms with Crippen molar-refractivity contribution < 1.29 is 4.42 Å². The van der Waals surface area contributed by atoms with Crippen LogP contribution in [0.5, 0.6) is 0 Å². The van der Waals surface area contributed by atoms with Crippen LogP contribution in [-0.4, -0.2) is 9.97 Å². The predicted molar refractivity (Wildman–Crippen MR) is 197 cm³/mol. The molecule has 9 aromatic rings. The van der Waals surface area contributed by atoms with Crippen LogP contribution < -0.4 is 4.90 Å². The van der Waals surface area contributed by atoms with Crippen LogP contribution in [0.4, 0.5) is 17.1 Å². The Morgan fingerprint density at radius 1 is 0.458 bits per heavy atom. The van der Waals surface area contributed by atoms with E-state index in [1.54, 1.807) is 0 Å². The molecule has 0 saturated carbocycles. The zero-order valence-electron chi connectivity index (χ0n) is 25.8. The van der Waals surface area contributed by atoms with E-state index in [0.717, 1.165) is 72.5 Å². The second-order valence-corrected chi connectivity index (χ2v) is 12.3. The quantitative estimate of drug-likeness (QED) is 0.198. The van der Waals surface area contributed by atoms with Crippen LogP contribution in [0.3, 0.4) is 0 Å². The molecule has 48 heavy (non-hydrogen) atoms. The number of rotatable bonds is 4. The highest BCUT2D eigenvalue weighted by molar-refractivity contribution is 6.13. The Bertz CT molecular complexity index is 2690. The highest BCUT2D eigenvalue weighted by Gasteiger charge is 2.25. The van der Waals surface area contributed by atoms with Gasteiger partial charge in [0.1, 0.15) is 11.2 Å². The van der Waals surface area contributed by atoms with Crippen LogP contribution >= 0.6 is 0 Å². The first-order valence-corrected chi connectivity index (χ1v) is 16.1. The van der Waals surface area contributed by atoms with E-state index in [4.69, 9.17) is 9.40 Å². The van der Waals surface area contributed by atoms with E-state index in [2.05, 4.69) is 143 Å². The fourth-order valence-electron chi connectivity index (χ4n) is 7.36. The molecule has 6 aromatic carbocycles. The molecule has 4 nitrogen and oxygen atoms in total. The number of furan rings is 1. The second kappa shape index (κ2) is 10.5. The summed E-state index contributed by atoms with van der Waals surface area (Å²) in [5.41, 5.74) is 13.6. The minimum absolute atomic E-state index is 0.846. The van der Waals surface area contributed by atoms with Crippen LogP contribution in [0.1, 0.15) is 0 Å². The third-order valence-electron chi connectivity index (χ3n) is 9.52. The van der Waals surface area contributed by atoms with E-state index in [9.17, 15) is 0 Å². The average Bonchev–Trinajstić information content (AvgIpc) is 3.47. The molecule has 0 bridgehead atoms. The lowest BCUT2D eigenvalue weighted by atomic mass is 9.95. The Labute approximate surface area is 277 Å². The predicted octanol–water partition coefficient (Wildman–Crippen LogP) is 12.0. The van der Waals surface area contributed by atoms with Gasteiger partial charge in [0, 0.05) is 57.3 Å². The van der Waals surface area contributed by atoms with E-state index in [1.165, 1.54) is 21.9 Å². The van der Waals surface area contributed by atoms with Gasteiger partial charge in [0.15, 0.2) is 0 Å². The molecule has 0 unspecified atom stereocenters. The minimum Gasteiger partial charge on any atom is -0.456 e. The van der Waals surface area contributed by atoms with Crippen molar-refractivity contribution in [2.75, 3.05) is 4.90 Å². The Kier molecular flexibility index (Phi) is 5.84. The van der Waals surface area contributed by atoms with Crippen LogP contribution in [0.2, 0.25) is 0 Å². The van der Waals surface area contributed by atoms with E-state index < -0.39 is 0 Å². The molecule has 0 saturated heterocycles. The molecular formula is C44H27N3O. The monoisotopic (exact) mass is 613 g/mol. The fraction of sp³-hybridized carbons (Fsp3) is 0. The van der Waals surface area contributed by atoms with E-state index in [0.29, 0.717) is 0 Å². The van der Waals surface area contributed by atoms with Gasteiger partial charge in [-0.15, -0.1) is 0 Å². The van der Waals surface area contributed by atoms with E-state index in [1.807, 2.05) is 30.7 Å². The highest BCUT2D eigenvalue weighted by Crippen LogP contribution is 2.48. The standard InChI is InChI=1S/C44H27N3O/c1-2-9-28(10-3-1)30-13-6-14-31(23-30)47(32-19-20-36-35-15-4-5-18-41(35)48-42(36)25-32)33-24-39-34-21-22-45-27-40(34)37-16-7-11-29-12-8-17-38(43(29)37)44(39)46-26-33/h1-27H. The van der Waals surface area contributed by atoms with Crippen molar-refractivity contribution in [2.45, 2.75) is 0 Å². The number of pyridine rings is 2. The normalized spacial score (nSPS) is 11.8. The Hall–Kier alpha value is -6.52. The first-order chi connectivity index (χ1) is 23.8. The highest BCUT2D eigenvalue weighted by atomic mass is 16.3. The summed E-state index contributed by atoms with van der Waals surface area (Å²) in [7, 11) is 0. The molecule has 0 fully saturated rings. The van der Waals surface area contributed by atoms with Crippen molar-refractivity contribution in [3.05, 3.63) is 164 Å². The zero-order valence-corrected chi connectivity index (χ0v) is 25.8. The van der Waals surface area contributed by atoms with Crippen molar-refractivity contribution in [3.8, 4) is 44.6 Å². The van der Waals surface area contributed by atoms with Crippen molar-refractivity contribution in [1.29, 1.82) is 0 Å². The molecule has 3 aromatic heterocycles. The number of aromatic nitrogens is 2. The summed E-state index contributed by atoms with van der Waals surface area (Å²) in [6, 6.07) is 51.3. The van der Waals surface area contributed by atoms with Crippen LogP contribution in [0.15, 0.2) is 169 Å². The molecule has 0 aliphatic heterocycles. The molecule has 0 spiro atoms. The summed E-state index contributed by atoms with van der Waals surface area (Å²) in [6.07, 6.45) is 5.87. The second-order valence-electron chi connectivity index (χ2n) is 12.3. The maximum atomic E-state index is 6.38. The van der Waals surface area contributed by atoms with Crippen molar-refractivity contribution in [2.24, 2.45) is 0 Å². The Morgan fingerprint density at radius 2 is 1.23 bits per heavy atom. The van der Waals surface area contributed by atoms with Crippen LogP contribution in [0.25, 0.3) is 77.3 Å². The Morgan fingerprint density at radius 3 is 2.15 bits per heavy atom. The van der Waals surface area contributed by atoms with E-state index >= 15 is 0 Å². The maximum absolute atomic E-state index is 6.38. The summed E-state index contributed by atoms with van der Waals surface area (Å²) in [5.74, 6) is 0. The molecule has 3 heterocycles. The first-order valence-electron chi connectivity index (χ1n) is 16.1. The minimum atomic E-state index is 0.846. The van der Waals surface area contributed by atoms with Crippen LogP contribution in [-0.2, 0) is 0 Å². The lowest BCUT2D eigenvalue weighted by molar-refractivity contribution is 0.669. The van der Waals surface area contributed by atoms with Gasteiger partial charge in [0.25, 0.3) is 0 Å². The largest absolute Gasteiger partial charge is 0.456 e. The van der Waals surface area contributed by atoms with Gasteiger partial charge in [0.2, 0.25) is 0 Å². The molecule has 0 N–H and O–H groups in total. The van der Waals surface area contributed by atoms with Gasteiger partial charge in [-0.3, -0.25) is 9.97 Å². The summed E-state index contributed by atoms with van der Waals surface area (Å²) in [5, 5.41) is 4.61. The number of anilines is 3.